The molecular weight excluding hydrogens is 316 g/mol. The first-order valence-electron chi connectivity index (χ1n) is 9.05. The zero-order valence-corrected chi connectivity index (χ0v) is 14.6. The summed E-state index contributed by atoms with van der Waals surface area (Å²) in [6.07, 6.45) is 5.08. The van der Waals surface area contributed by atoms with Gasteiger partial charge in [0.05, 0.1) is 0 Å². The maximum Gasteiger partial charge on any atom is 0.163 e. The van der Waals surface area contributed by atoms with Crippen LogP contribution in [0.25, 0.3) is 0 Å². The molecule has 0 spiro atoms. The Balaban J connectivity index is 1.56. The summed E-state index contributed by atoms with van der Waals surface area (Å²) in [7, 11) is 0. The molecule has 4 rings (SSSR count). The lowest BCUT2D eigenvalue weighted by Gasteiger charge is -2.22. The van der Waals surface area contributed by atoms with Crippen molar-refractivity contribution in [3.05, 3.63) is 30.1 Å². The molecule has 0 bridgehead atoms. The largest absolute Gasteiger partial charge is 0.486 e. The first kappa shape index (κ1) is 16.0. The minimum Gasteiger partial charge on any atom is -0.486 e. The Kier molecular flexibility index (Phi) is 4.59. The second kappa shape index (κ2) is 7.17. The van der Waals surface area contributed by atoms with Crippen molar-refractivity contribution in [2.45, 2.75) is 32.6 Å². The van der Waals surface area contributed by atoms with E-state index in [0.717, 1.165) is 47.7 Å². The molecule has 2 aliphatic heterocycles. The van der Waals surface area contributed by atoms with Crippen LogP contribution in [0, 0.1) is 6.92 Å². The molecule has 1 aromatic heterocycles. The molecule has 6 heteroatoms. The highest BCUT2D eigenvalue weighted by Crippen LogP contribution is 2.33. The van der Waals surface area contributed by atoms with E-state index in [1.54, 1.807) is 0 Å². The zero-order chi connectivity index (χ0) is 17.1. The van der Waals surface area contributed by atoms with E-state index < -0.39 is 0 Å². The van der Waals surface area contributed by atoms with Gasteiger partial charge in [0.1, 0.15) is 30.7 Å². The number of nitrogens with zero attached hydrogens (tertiary/aromatic N) is 3. The van der Waals surface area contributed by atoms with E-state index in [1.807, 2.05) is 31.2 Å². The van der Waals surface area contributed by atoms with Crippen LogP contribution in [0.5, 0.6) is 11.5 Å². The number of fused-ring (bicyclic) bond motifs is 1. The van der Waals surface area contributed by atoms with E-state index in [-0.39, 0.29) is 0 Å². The second-order valence-corrected chi connectivity index (χ2v) is 6.54. The van der Waals surface area contributed by atoms with E-state index in [1.165, 1.54) is 25.7 Å². The van der Waals surface area contributed by atoms with Gasteiger partial charge < -0.3 is 19.7 Å². The number of hydrogen-bond acceptors (Lipinski definition) is 6. The Bertz CT molecular complexity index is 742. The summed E-state index contributed by atoms with van der Waals surface area (Å²) >= 11 is 0. The molecule has 0 amide bonds. The van der Waals surface area contributed by atoms with Crippen molar-refractivity contribution in [1.29, 1.82) is 0 Å². The lowest BCUT2D eigenvalue weighted by molar-refractivity contribution is 0.171. The topological polar surface area (TPSA) is 59.5 Å². The summed E-state index contributed by atoms with van der Waals surface area (Å²) in [4.78, 5) is 11.6. The van der Waals surface area contributed by atoms with Crippen molar-refractivity contribution in [2.24, 2.45) is 0 Å². The molecule has 1 aromatic carbocycles. The fourth-order valence-corrected chi connectivity index (χ4v) is 3.35. The van der Waals surface area contributed by atoms with Crippen LogP contribution in [-0.4, -0.2) is 36.3 Å². The number of aryl methyl sites for hydroxylation is 1. The average Bonchev–Trinajstić information content (AvgIpc) is 2.90. The van der Waals surface area contributed by atoms with Gasteiger partial charge in [-0.2, -0.15) is 0 Å². The van der Waals surface area contributed by atoms with Crippen LogP contribution in [0.3, 0.4) is 0 Å². The molecule has 1 fully saturated rings. The third-order valence-electron chi connectivity index (χ3n) is 4.57. The normalized spacial score (nSPS) is 17.1. The van der Waals surface area contributed by atoms with Gasteiger partial charge in [0.2, 0.25) is 0 Å². The number of rotatable bonds is 3. The second-order valence-electron chi connectivity index (χ2n) is 6.54. The molecule has 1 saturated heterocycles. The van der Waals surface area contributed by atoms with Crippen LogP contribution in [0.2, 0.25) is 0 Å². The van der Waals surface area contributed by atoms with Crippen molar-refractivity contribution < 1.29 is 9.47 Å². The van der Waals surface area contributed by atoms with Crippen molar-refractivity contribution in [1.82, 2.24) is 9.97 Å². The molecule has 132 valence electrons. The molecule has 25 heavy (non-hydrogen) atoms. The lowest BCUT2D eigenvalue weighted by atomic mass is 10.2. The molecule has 2 aliphatic rings. The van der Waals surface area contributed by atoms with Gasteiger partial charge in [-0.25, -0.2) is 9.97 Å². The minimum absolute atomic E-state index is 0.585. The van der Waals surface area contributed by atoms with Gasteiger partial charge in [0, 0.05) is 30.9 Å². The molecule has 0 atom stereocenters. The summed E-state index contributed by atoms with van der Waals surface area (Å²) in [5, 5.41) is 3.38. The SMILES string of the molecule is Cc1nc(Nc2ccc3c(c2)OCCO3)cc(N2CCCCCC2)n1. The Morgan fingerprint density at radius 2 is 1.68 bits per heavy atom. The van der Waals surface area contributed by atoms with Crippen molar-refractivity contribution in [3.8, 4) is 11.5 Å². The Hall–Kier alpha value is -2.50. The van der Waals surface area contributed by atoms with Gasteiger partial charge in [-0.15, -0.1) is 0 Å². The molecule has 0 radical (unpaired) electrons. The van der Waals surface area contributed by atoms with E-state index in [4.69, 9.17) is 9.47 Å². The first-order chi connectivity index (χ1) is 12.3. The van der Waals surface area contributed by atoms with E-state index in [9.17, 15) is 0 Å². The van der Waals surface area contributed by atoms with Gasteiger partial charge in [-0.3, -0.25) is 0 Å². The van der Waals surface area contributed by atoms with Crippen LogP contribution in [-0.2, 0) is 0 Å². The maximum atomic E-state index is 5.65. The molecule has 6 nitrogen and oxygen atoms in total. The minimum atomic E-state index is 0.585. The van der Waals surface area contributed by atoms with Crippen LogP contribution >= 0.6 is 0 Å². The third-order valence-corrected chi connectivity index (χ3v) is 4.57. The highest BCUT2D eigenvalue weighted by atomic mass is 16.6. The third kappa shape index (κ3) is 3.78. The molecule has 2 aromatic rings. The molecule has 0 aliphatic carbocycles. The Morgan fingerprint density at radius 3 is 2.48 bits per heavy atom. The highest BCUT2D eigenvalue weighted by molar-refractivity contribution is 5.63. The van der Waals surface area contributed by atoms with E-state index >= 15 is 0 Å². The van der Waals surface area contributed by atoms with Gasteiger partial charge in [-0.1, -0.05) is 12.8 Å². The number of hydrogen-bond donors (Lipinski definition) is 1. The van der Waals surface area contributed by atoms with Crippen molar-refractivity contribution in [2.75, 3.05) is 36.5 Å². The summed E-state index contributed by atoms with van der Waals surface area (Å²) in [6, 6.07) is 7.91. The summed E-state index contributed by atoms with van der Waals surface area (Å²) in [5.74, 6) is 4.16. The summed E-state index contributed by atoms with van der Waals surface area (Å²) in [5.41, 5.74) is 0.934. The number of benzene rings is 1. The van der Waals surface area contributed by atoms with Gasteiger partial charge in [-0.05, 0) is 31.9 Å². The smallest absolute Gasteiger partial charge is 0.163 e. The average molecular weight is 340 g/mol. The Labute approximate surface area is 148 Å². The van der Waals surface area contributed by atoms with Crippen LogP contribution in [0.4, 0.5) is 17.3 Å². The van der Waals surface area contributed by atoms with E-state index in [2.05, 4.69) is 20.2 Å². The van der Waals surface area contributed by atoms with Crippen molar-refractivity contribution in [3.63, 3.8) is 0 Å². The fraction of sp³-hybridized carbons (Fsp3) is 0.474. The summed E-state index contributed by atoms with van der Waals surface area (Å²) in [6.45, 7) is 5.27. The number of aromatic nitrogens is 2. The number of ether oxygens (including phenoxy) is 2. The Morgan fingerprint density at radius 1 is 0.920 bits per heavy atom. The number of nitrogens with one attached hydrogen (secondary N) is 1. The fourth-order valence-electron chi connectivity index (χ4n) is 3.35. The molecule has 0 unspecified atom stereocenters. The van der Waals surface area contributed by atoms with Crippen LogP contribution in [0.1, 0.15) is 31.5 Å². The zero-order valence-electron chi connectivity index (χ0n) is 14.6. The molecule has 3 heterocycles. The first-order valence-corrected chi connectivity index (χ1v) is 9.05. The predicted molar refractivity (Wildman–Crippen MR) is 98.2 cm³/mol. The van der Waals surface area contributed by atoms with Gasteiger partial charge in [0.25, 0.3) is 0 Å². The van der Waals surface area contributed by atoms with E-state index in [0.29, 0.717) is 13.2 Å². The van der Waals surface area contributed by atoms with Crippen molar-refractivity contribution >= 4 is 17.3 Å². The lowest BCUT2D eigenvalue weighted by Crippen LogP contribution is -2.25. The highest BCUT2D eigenvalue weighted by Gasteiger charge is 2.15. The quantitative estimate of drug-likeness (QED) is 0.920. The molecule has 0 saturated carbocycles. The number of anilines is 3. The predicted octanol–water partition coefficient (Wildman–Crippen LogP) is 3.68. The molecule has 1 N–H and O–H groups in total. The monoisotopic (exact) mass is 340 g/mol. The standard InChI is InChI=1S/C19H24N4O2/c1-14-20-18(13-19(21-14)23-8-4-2-3-5-9-23)22-15-6-7-16-17(12-15)25-11-10-24-16/h6-7,12-13H,2-5,8-11H2,1H3,(H,20,21,22). The van der Waals surface area contributed by atoms with Gasteiger partial charge >= 0.3 is 0 Å². The van der Waals surface area contributed by atoms with Crippen LogP contribution < -0.4 is 19.7 Å². The van der Waals surface area contributed by atoms with Crippen LogP contribution in [0.15, 0.2) is 24.3 Å². The maximum absolute atomic E-state index is 5.65. The molecular formula is C19H24N4O2. The summed E-state index contributed by atoms with van der Waals surface area (Å²) < 4.78 is 11.2. The van der Waals surface area contributed by atoms with Gasteiger partial charge in [0.15, 0.2) is 11.5 Å².